The van der Waals surface area contributed by atoms with Gasteiger partial charge < -0.3 is 10.0 Å². The lowest BCUT2D eigenvalue weighted by molar-refractivity contribution is 0.117. The van der Waals surface area contributed by atoms with E-state index < -0.39 is 16.1 Å². The van der Waals surface area contributed by atoms with Crippen LogP contribution in [0.1, 0.15) is 50.7 Å². The number of aliphatic hydroxyl groups is 1. The Morgan fingerprint density at radius 1 is 0.812 bits per heavy atom. The molecule has 180 valence electrons. The van der Waals surface area contributed by atoms with Crippen LogP contribution in [0.25, 0.3) is 0 Å². The molecule has 0 fully saturated rings. The normalized spacial score (nSPS) is 12.4. The quantitative estimate of drug-likeness (QED) is 0.427. The van der Waals surface area contributed by atoms with Crippen LogP contribution >= 0.6 is 12.4 Å². The molecule has 0 amide bonds. The maximum Gasteiger partial charge on any atom is 0.264 e. The molecule has 0 aromatic heterocycles. The third kappa shape index (κ3) is 8.39. The van der Waals surface area contributed by atoms with Crippen LogP contribution in [0.2, 0.25) is 0 Å². The van der Waals surface area contributed by atoms with Crippen molar-refractivity contribution in [3.8, 4) is 0 Å². The van der Waals surface area contributed by atoms with Gasteiger partial charge in [0.1, 0.15) is 0 Å². The molecular weight excluding hydrogens is 444 g/mol. The zero-order valence-corrected chi connectivity index (χ0v) is 21.5. The lowest BCUT2D eigenvalue weighted by Crippen LogP contribution is -2.43. The van der Waals surface area contributed by atoms with Crippen LogP contribution in [0.15, 0.2) is 53.4 Å². The van der Waals surface area contributed by atoms with E-state index in [2.05, 4.69) is 18.7 Å². The highest BCUT2D eigenvalue weighted by Gasteiger charge is 2.27. The molecule has 0 radical (unpaired) electrons. The van der Waals surface area contributed by atoms with Crippen molar-refractivity contribution in [1.29, 1.82) is 0 Å². The van der Waals surface area contributed by atoms with Gasteiger partial charge >= 0.3 is 0 Å². The Bertz CT molecular complexity index is 878. The smallest absolute Gasteiger partial charge is 0.264 e. The van der Waals surface area contributed by atoms with Crippen molar-refractivity contribution in [1.82, 2.24) is 4.90 Å². The summed E-state index contributed by atoms with van der Waals surface area (Å²) in [7, 11) is -3.79. The van der Waals surface area contributed by atoms with E-state index in [1.165, 1.54) is 4.31 Å². The monoisotopic (exact) mass is 482 g/mol. The fraction of sp³-hybridized carbons (Fsp3) is 0.520. The molecule has 0 saturated heterocycles. The number of aryl methyl sites for hydroxylation is 2. The minimum absolute atomic E-state index is 0. The number of aliphatic hydroxyl groups excluding tert-OH is 1. The molecule has 1 atom stereocenters. The first-order valence-corrected chi connectivity index (χ1v) is 12.8. The molecule has 2 rings (SSSR count). The molecule has 0 bridgehead atoms. The lowest BCUT2D eigenvalue weighted by Gasteiger charge is -2.30. The molecular formula is C25H39ClN2O3S. The highest BCUT2D eigenvalue weighted by Crippen LogP contribution is 2.25. The molecule has 1 N–H and O–H groups in total. The van der Waals surface area contributed by atoms with Crippen molar-refractivity contribution >= 4 is 28.1 Å². The third-order valence-electron chi connectivity index (χ3n) is 5.43. The summed E-state index contributed by atoms with van der Waals surface area (Å²) >= 11 is 0. The number of halogens is 1. The number of nitrogens with zero attached hydrogens (tertiary/aromatic N) is 2. The zero-order chi connectivity index (χ0) is 22.9. The van der Waals surface area contributed by atoms with E-state index in [9.17, 15) is 13.5 Å². The van der Waals surface area contributed by atoms with Crippen LogP contribution in [0, 0.1) is 13.8 Å². The Labute approximate surface area is 200 Å². The standard InChI is InChI=1S/C25H38N2O3S.ClH/c1-5-7-17-26(18-8-6-2)19-24(28)20-27(23-13-9-21(3)10-14-23)31(29,30)25-15-11-22(4)12-16-25;/h9-16,24,28H,5-8,17-20H2,1-4H3;1H. The fourth-order valence-electron chi connectivity index (χ4n) is 3.50. The fourth-order valence-corrected chi connectivity index (χ4v) is 5.00. The van der Waals surface area contributed by atoms with E-state index in [0.29, 0.717) is 12.2 Å². The molecule has 32 heavy (non-hydrogen) atoms. The van der Waals surface area contributed by atoms with E-state index in [4.69, 9.17) is 0 Å². The molecule has 0 spiro atoms. The van der Waals surface area contributed by atoms with Gasteiger partial charge in [-0.25, -0.2) is 8.42 Å². The lowest BCUT2D eigenvalue weighted by atomic mass is 10.2. The van der Waals surface area contributed by atoms with Crippen LogP contribution in [-0.2, 0) is 10.0 Å². The maximum absolute atomic E-state index is 13.5. The SMILES string of the molecule is CCCCN(CCCC)CC(O)CN(c1ccc(C)cc1)S(=O)(=O)c1ccc(C)cc1.Cl. The van der Waals surface area contributed by atoms with Gasteiger partial charge in [-0.2, -0.15) is 0 Å². The first-order valence-electron chi connectivity index (χ1n) is 11.3. The molecule has 0 aliphatic carbocycles. The van der Waals surface area contributed by atoms with Gasteiger partial charge in [-0.05, 0) is 64.0 Å². The van der Waals surface area contributed by atoms with Crippen LogP contribution in [0.4, 0.5) is 5.69 Å². The number of rotatable bonds is 13. The van der Waals surface area contributed by atoms with Crippen molar-refractivity contribution in [2.24, 2.45) is 0 Å². The summed E-state index contributed by atoms with van der Waals surface area (Å²) in [4.78, 5) is 2.49. The molecule has 2 aromatic carbocycles. The summed E-state index contributed by atoms with van der Waals surface area (Å²) < 4.78 is 28.3. The van der Waals surface area contributed by atoms with Crippen molar-refractivity contribution < 1.29 is 13.5 Å². The van der Waals surface area contributed by atoms with E-state index in [0.717, 1.165) is 49.9 Å². The Hall–Kier alpha value is -1.60. The zero-order valence-electron chi connectivity index (χ0n) is 19.8. The van der Waals surface area contributed by atoms with Crippen molar-refractivity contribution in [3.63, 3.8) is 0 Å². The molecule has 0 heterocycles. The highest BCUT2D eigenvalue weighted by molar-refractivity contribution is 7.92. The summed E-state index contributed by atoms with van der Waals surface area (Å²) in [5.74, 6) is 0. The van der Waals surface area contributed by atoms with E-state index in [1.807, 2.05) is 26.0 Å². The van der Waals surface area contributed by atoms with Crippen LogP contribution in [0.5, 0.6) is 0 Å². The highest BCUT2D eigenvalue weighted by atomic mass is 35.5. The Balaban J connectivity index is 0.00000512. The summed E-state index contributed by atoms with van der Waals surface area (Å²) in [5.41, 5.74) is 2.63. The van der Waals surface area contributed by atoms with Gasteiger partial charge in [-0.15, -0.1) is 12.4 Å². The number of unbranched alkanes of at least 4 members (excludes halogenated alkanes) is 2. The minimum atomic E-state index is -3.79. The molecule has 0 saturated carbocycles. The second-order valence-corrected chi connectivity index (χ2v) is 10.2. The van der Waals surface area contributed by atoms with Crippen LogP contribution in [0.3, 0.4) is 0 Å². The van der Waals surface area contributed by atoms with Crippen LogP contribution < -0.4 is 4.31 Å². The number of sulfonamides is 1. The van der Waals surface area contributed by atoms with Gasteiger partial charge in [0.2, 0.25) is 0 Å². The minimum Gasteiger partial charge on any atom is -0.390 e. The van der Waals surface area contributed by atoms with Gasteiger partial charge in [-0.1, -0.05) is 62.1 Å². The maximum atomic E-state index is 13.5. The topological polar surface area (TPSA) is 60.9 Å². The second kappa shape index (κ2) is 13.8. The summed E-state index contributed by atoms with van der Waals surface area (Å²) in [6.45, 7) is 10.5. The predicted octanol–water partition coefficient (Wildman–Crippen LogP) is 5.18. The average Bonchev–Trinajstić information content (AvgIpc) is 2.75. The largest absolute Gasteiger partial charge is 0.390 e. The number of benzene rings is 2. The molecule has 0 aliphatic rings. The van der Waals surface area contributed by atoms with Crippen molar-refractivity contribution in [2.45, 2.75) is 64.4 Å². The Morgan fingerprint density at radius 3 is 1.75 bits per heavy atom. The first kappa shape index (κ1) is 28.4. The summed E-state index contributed by atoms with van der Waals surface area (Å²) in [6, 6.07) is 14.3. The summed E-state index contributed by atoms with van der Waals surface area (Å²) in [6.07, 6.45) is 3.54. The molecule has 7 heteroatoms. The molecule has 1 unspecified atom stereocenters. The first-order chi connectivity index (χ1) is 14.8. The second-order valence-electron chi connectivity index (χ2n) is 8.35. The van der Waals surface area contributed by atoms with Gasteiger partial charge in [0, 0.05) is 6.54 Å². The summed E-state index contributed by atoms with van der Waals surface area (Å²) in [5, 5.41) is 10.9. The average molecular weight is 483 g/mol. The molecule has 0 aliphatic heterocycles. The van der Waals surface area contributed by atoms with Gasteiger partial charge in [0.15, 0.2) is 0 Å². The van der Waals surface area contributed by atoms with E-state index in [-0.39, 0.29) is 23.8 Å². The Morgan fingerprint density at radius 2 is 1.28 bits per heavy atom. The molecule has 2 aromatic rings. The van der Waals surface area contributed by atoms with Crippen LogP contribution in [-0.4, -0.2) is 50.7 Å². The number of hydrogen-bond donors (Lipinski definition) is 1. The van der Waals surface area contributed by atoms with Gasteiger partial charge in [0.05, 0.1) is 23.2 Å². The van der Waals surface area contributed by atoms with Crippen molar-refractivity contribution in [2.75, 3.05) is 30.5 Å². The number of anilines is 1. The Kier molecular flexibility index (Phi) is 12.3. The predicted molar refractivity (Wildman–Crippen MR) is 136 cm³/mol. The van der Waals surface area contributed by atoms with Gasteiger partial charge in [-0.3, -0.25) is 4.31 Å². The van der Waals surface area contributed by atoms with Gasteiger partial charge in [0.25, 0.3) is 10.0 Å². The van der Waals surface area contributed by atoms with Crippen molar-refractivity contribution in [3.05, 3.63) is 59.7 Å². The molecule has 5 nitrogen and oxygen atoms in total. The van der Waals surface area contributed by atoms with E-state index >= 15 is 0 Å². The third-order valence-corrected chi connectivity index (χ3v) is 7.24. The van der Waals surface area contributed by atoms with E-state index in [1.54, 1.807) is 36.4 Å². The number of hydrogen-bond acceptors (Lipinski definition) is 4.